The van der Waals surface area contributed by atoms with Crippen molar-refractivity contribution in [2.45, 2.75) is 29.3 Å². The Labute approximate surface area is 110 Å². The van der Waals surface area contributed by atoms with Crippen LogP contribution >= 0.6 is 11.8 Å². The van der Waals surface area contributed by atoms with E-state index in [1.165, 1.54) is 5.56 Å². The highest BCUT2D eigenvalue weighted by molar-refractivity contribution is 8.00. The number of hydrogen-bond donors (Lipinski definition) is 1. The number of primary amides is 1. The molecule has 94 valence electrons. The van der Waals surface area contributed by atoms with E-state index in [1.807, 2.05) is 12.2 Å². The highest BCUT2D eigenvalue weighted by Crippen LogP contribution is 2.43. The fourth-order valence-corrected chi connectivity index (χ4v) is 3.84. The summed E-state index contributed by atoms with van der Waals surface area (Å²) in [6.45, 7) is 2.06. The summed E-state index contributed by atoms with van der Waals surface area (Å²) in [7, 11) is 0. The van der Waals surface area contributed by atoms with Crippen molar-refractivity contribution in [2.24, 2.45) is 11.7 Å². The molecule has 0 saturated carbocycles. The standard InChI is InChI=1S/C14H15NO2S/c1-8-2-4-9(5-3-8)18-13-11-7-6-10(17-11)12(13)14(15)16/h2-7,10-13H,1H3,(H2,15,16)/t10-,11+,12-,13+/m0/s1. The summed E-state index contributed by atoms with van der Waals surface area (Å²) in [6.07, 6.45) is 3.87. The van der Waals surface area contributed by atoms with Crippen LogP contribution in [0.4, 0.5) is 0 Å². The largest absolute Gasteiger partial charge is 0.369 e. The van der Waals surface area contributed by atoms with Crippen LogP contribution < -0.4 is 5.73 Å². The molecule has 2 heterocycles. The first-order valence-electron chi connectivity index (χ1n) is 6.01. The van der Waals surface area contributed by atoms with Crippen LogP contribution in [-0.4, -0.2) is 23.4 Å². The minimum absolute atomic E-state index is 0.0128. The van der Waals surface area contributed by atoms with E-state index in [4.69, 9.17) is 10.5 Å². The number of thioether (sulfide) groups is 1. The van der Waals surface area contributed by atoms with Crippen LogP contribution in [-0.2, 0) is 9.53 Å². The maximum Gasteiger partial charge on any atom is 0.224 e. The van der Waals surface area contributed by atoms with Gasteiger partial charge >= 0.3 is 0 Å². The molecule has 2 N–H and O–H groups in total. The molecule has 0 radical (unpaired) electrons. The minimum atomic E-state index is -0.267. The van der Waals surface area contributed by atoms with Crippen LogP contribution in [0.3, 0.4) is 0 Å². The molecule has 1 saturated heterocycles. The van der Waals surface area contributed by atoms with E-state index in [0.29, 0.717) is 0 Å². The summed E-state index contributed by atoms with van der Waals surface area (Å²) >= 11 is 1.68. The van der Waals surface area contributed by atoms with Crippen molar-refractivity contribution in [1.82, 2.24) is 0 Å². The maximum atomic E-state index is 11.5. The first-order valence-corrected chi connectivity index (χ1v) is 6.89. The van der Waals surface area contributed by atoms with E-state index in [2.05, 4.69) is 31.2 Å². The van der Waals surface area contributed by atoms with Crippen molar-refractivity contribution in [3.63, 3.8) is 0 Å². The number of carbonyl (C=O) groups is 1. The van der Waals surface area contributed by atoms with Crippen molar-refractivity contribution >= 4 is 17.7 Å². The molecule has 2 bridgehead atoms. The average Bonchev–Trinajstić information content (AvgIpc) is 2.92. The van der Waals surface area contributed by atoms with Crippen molar-refractivity contribution in [2.75, 3.05) is 0 Å². The molecule has 1 aromatic rings. The summed E-state index contributed by atoms with van der Waals surface area (Å²) in [5.41, 5.74) is 6.72. The van der Waals surface area contributed by atoms with Gasteiger partial charge in [-0.1, -0.05) is 29.8 Å². The Morgan fingerprint density at radius 2 is 1.89 bits per heavy atom. The Bertz CT molecular complexity index is 497. The number of hydrogen-bond acceptors (Lipinski definition) is 3. The van der Waals surface area contributed by atoms with Crippen LogP contribution in [0.2, 0.25) is 0 Å². The van der Waals surface area contributed by atoms with E-state index in [1.54, 1.807) is 11.8 Å². The lowest BCUT2D eigenvalue weighted by atomic mass is 9.93. The van der Waals surface area contributed by atoms with Gasteiger partial charge in [0.25, 0.3) is 0 Å². The molecule has 18 heavy (non-hydrogen) atoms. The van der Waals surface area contributed by atoms with Crippen molar-refractivity contribution in [3.05, 3.63) is 42.0 Å². The predicted octanol–water partition coefficient (Wildman–Crippen LogP) is 1.89. The number of fused-ring (bicyclic) bond motifs is 2. The van der Waals surface area contributed by atoms with Gasteiger partial charge in [-0.15, -0.1) is 11.8 Å². The van der Waals surface area contributed by atoms with Crippen molar-refractivity contribution in [3.8, 4) is 0 Å². The molecule has 3 nitrogen and oxygen atoms in total. The minimum Gasteiger partial charge on any atom is -0.369 e. The van der Waals surface area contributed by atoms with E-state index in [-0.39, 0.29) is 29.3 Å². The van der Waals surface area contributed by atoms with Crippen LogP contribution in [0.5, 0.6) is 0 Å². The van der Waals surface area contributed by atoms with Gasteiger partial charge in [0.05, 0.1) is 23.4 Å². The number of amides is 1. The Morgan fingerprint density at radius 3 is 2.56 bits per heavy atom. The van der Waals surface area contributed by atoms with Crippen LogP contribution in [0, 0.1) is 12.8 Å². The summed E-state index contributed by atoms with van der Waals surface area (Å²) in [6, 6.07) is 8.30. The Balaban J connectivity index is 1.81. The van der Waals surface area contributed by atoms with Crippen LogP contribution in [0.25, 0.3) is 0 Å². The third-order valence-corrected chi connectivity index (χ3v) is 4.84. The zero-order valence-electron chi connectivity index (χ0n) is 10.1. The summed E-state index contributed by atoms with van der Waals surface area (Å²) in [5, 5.41) is 0.0974. The molecule has 4 atom stereocenters. The second-order valence-corrected chi connectivity index (χ2v) is 6.03. The molecule has 1 aromatic carbocycles. The SMILES string of the molecule is Cc1ccc(S[C@H]2[C@@H](C(N)=O)[C@@H]3C=C[C@H]2O3)cc1. The number of rotatable bonds is 3. The topological polar surface area (TPSA) is 52.3 Å². The quantitative estimate of drug-likeness (QED) is 0.845. The van der Waals surface area contributed by atoms with Crippen LogP contribution in [0.15, 0.2) is 41.3 Å². The fourth-order valence-electron chi connectivity index (χ4n) is 2.51. The molecule has 2 aliphatic rings. The number of benzene rings is 1. The third kappa shape index (κ3) is 1.95. The van der Waals surface area contributed by atoms with Gasteiger partial charge in [0.2, 0.25) is 5.91 Å². The lowest BCUT2D eigenvalue weighted by Crippen LogP contribution is -2.37. The Hall–Kier alpha value is -1.26. The lowest BCUT2D eigenvalue weighted by Gasteiger charge is -2.21. The van der Waals surface area contributed by atoms with E-state index in [0.717, 1.165) is 4.90 Å². The van der Waals surface area contributed by atoms with Gasteiger partial charge in [-0.25, -0.2) is 0 Å². The number of aryl methyl sites for hydroxylation is 1. The van der Waals surface area contributed by atoms with E-state index >= 15 is 0 Å². The Morgan fingerprint density at radius 1 is 1.22 bits per heavy atom. The zero-order chi connectivity index (χ0) is 12.7. The molecule has 1 amide bonds. The first-order chi connectivity index (χ1) is 8.65. The van der Waals surface area contributed by atoms with Crippen LogP contribution in [0.1, 0.15) is 5.56 Å². The number of carbonyl (C=O) groups excluding carboxylic acids is 1. The van der Waals surface area contributed by atoms with Gasteiger partial charge in [0.15, 0.2) is 0 Å². The second kappa shape index (κ2) is 4.44. The highest BCUT2D eigenvalue weighted by atomic mass is 32.2. The van der Waals surface area contributed by atoms with Gasteiger partial charge in [-0.3, -0.25) is 4.79 Å². The van der Waals surface area contributed by atoms with Gasteiger partial charge in [-0.05, 0) is 19.1 Å². The number of nitrogens with two attached hydrogens (primary N) is 1. The molecule has 0 aromatic heterocycles. The highest BCUT2D eigenvalue weighted by Gasteiger charge is 2.49. The van der Waals surface area contributed by atoms with Gasteiger partial charge < -0.3 is 10.5 Å². The monoisotopic (exact) mass is 261 g/mol. The number of ether oxygens (including phenoxy) is 1. The van der Waals surface area contributed by atoms with Gasteiger partial charge in [0.1, 0.15) is 0 Å². The van der Waals surface area contributed by atoms with Crippen molar-refractivity contribution < 1.29 is 9.53 Å². The zero-order valence-corrected chi connectivity index (χ0v) is 10.9. The van der Waals surface area contributed by atoms with Gasteiger partial charge in [0, 0.05) is 4.90 Å². The van der Waals surface area contributed by atoms with E-state index < -0.39 is 0 Å². The molecule has 0 aliphatic carbocycles. The fraction of sp³-hybridized carbons (Fsp3) is 0.357. The summed E-state index contributed by atoms with van der Waals surface area (Å²) in [4.78, 5) is 12.7. The Kier molecular flexibility index (Phi) is 2.92. The molecule has 0 unspecified atom stereocenters. The van der Waals surface area contributed by atoms with Gasteiger partial charge in [-0.2, -0.15) is 0 Å². The third-order valence-electron chi connectivity index (χ3n) is 3.46. The molecular weight excluding hydrogens is 246 g/mol. The molecule has 0 spiro atoms. The molecule has 4 heteroatoms. The lowest BCUT2D eigenvalue weighted by molar-refractivity contribution is -0.122. The van der Waals surface area contributed by atoms with E-state index in [9.17, 15) is 4.79 Å². The first kappa shape index (κ1) is 11.8. The summed E-state index contributed by atoms with van der Waals surface area (Å²) in [5.74, 6) is -0.484. The smallest absolute Gasteiger partial charge is 0.224 e. The average molecular weight is 261 g/mol. The molecule has 3 rings (SSSR count). The predicted molar refractivity (Wildman–Crippen MR) is 71.3 cm³/mol. The molecule has 1 fully saturated rings. The summed E-state index contributed by atoms with van der Waals surface area (Å²) < 4.78 is 5.72. The normalized spacial score (nSPS) is 32.9. The molecule has 2 aliphatic heterocycles. The molecular formula is C14H15NO2S. The second-order valence-electron chi connectivity index (χ2n) is 4.77. The van der Waals surface area contributed by atoms with Crippen molar-refractivity contribution in [1.29, 1.82) is 0 Å². The maximum absolute atomic E-state index is 11.5.